The molecule has 0 radical (unpaired) electrons. The highest BCUT2D eigenvalue weighted by Gasteiger charge is 2.40. The fraction of sp³-hybridized carbons (Fsp3) is 0.647. The Morgan fingerprint density at radius 3 is 2.46 bits per heavy atom. The largest absolute Gasteiger partial charge is 0.497 e. The highest BCUT2D eigenvalue weighted by Crippen LogP contribution is 2.35. The van der Waals surface area contributed by atoms with E-state index in [4.69, 9.17) is 9.47 Å². The normalized spacial score (nSPS) is 28.6. The van der Waals surface area contributed by atoms with Gasteiger partial charge in [-0.25, -0.2) is 8.42 Å². The van der Waals surface area contributed by atoms with E-state index in [1.165, 1.54) is 5.56 Å². The molecule has 1 aromatic carbocycles. The SMILES string of the molecule is COc1ccc(C2(CN[C@@H]3CS(=O)(=O)C[C@@H]3O)CCOCC2)cc1. The number of hydrogen-bond acceptors (Lipinski definition) is 6. The molecule has 0 unspecified atom stereocenters. The number of nitrogens with one attached hydrogen (secondary N) is 1. The van der Waals surface area contributed by atoms with Crippen molar-refractivity contribution in [2.75, 3.05) is 38.4 Å². The first kappa shape index (κ1) is 17.7. The summed E-state index contributed by atoms with van der Waals surface area (Å²) in [5.74, 6) is 0.665. The first-order valence-electron chi connectivity index (χ1n) is 8.28. The second-order valence-electron chi connectivity index (χ2n) is 6.75. The summed E-state index contributed by atoms with van der Waals surface area (Å²) in [7, 11) is -1.50. The van der Waals surface area contributed by atoms with Crippen LogP contribution in [0.1, 0.15) is 18.4 Å². The smallest absolute Gasteiger partial charge is 0.154 e. The van der Waals surface area contributed by atoms with Gasteiger partial charge >= 0.3 is 0 Å². The van der Waals surface area contributed by atoms with Crippen molar-refractivity contribution in [3.63, 3.8) is 0 Å². The molecule has 6 nitrogen and oxygen atoms in total. The van der Waals surface area contributed by atoms with E-state index >= 15 is 0 Å². The van der Waals surface area contributed by atoms with E-state index in [1.54, 1.807) is 7.11 Å². The van der Waals surface area contributed by atoms with Crippen molar-refractivity contribution in [1.29, 1.82) is 0 Å². The van der Waals surface area contributed by atoms with Gasteiger partial charge in [0, 0.05) is 31.2 Å². The average molecular weight is 355 g/mol. The monoisotopic (exact) mass is 355 g/mol. The van der Waals surface area contributed by atoms with Crippen LogP contribution < -0.4 is 10.1 Å². The molecule has 2 heterocycles. The van der Waals surface area contributed by atoms with Gasteiger partial charge in [-0.05, 0) is 30.5 Å². The second kappa shape index (κ2) is 7.00. The molecule has 2 fully saturated rings. The molecule has 1 aromatic rings. The third-order valence-corrected chi connectivity index (χ3v) is 6.89. The zero-order chi connectivity index (χ0) is 17.2. The van der Waals surface area contributed by atoms with Gasteiger partial charge in [0.1, 0.15) is 5.75 Å². The van der Waals surface area contributed by atoms with Crippen LogP contribution in [0.5, 0.6) is 5.75 Å². The third-order valence-electron chi connectivity index (χ3n) is 5.18. The summed E-state index contributed by atoms with van der Waals surface area (Å²) in [4.78, 5) is 0. The summed E-state index contributed by atoms with van der Waals surface area (Å²) in [6.07, 6.45) is 0.895. The van der Waals surface area contributed by atoms with Crippen LogP contribution in [-0.2, 0) is 20.0 Å². The van der Waals surface area contributed by atoms with Gasteiger partial charge in [-0.1, -0.05) is 12.1 Å². The number of aliphatic hydroxyl groups is 1. The summed E-state index contributed by atoms with van der Waals surface area (Å²) in [6.45, 7) is 1.98. The third kappa shape index (κ3) is 3.74. The lowest BCUT2D eigenvalue weighted by Crippen LogP contribution is -2.49. The standard InChI is InChI=1S/C17H25NO5S/c1-22-14-4-2-13(3-5-14)17(6-8-23-9-7-17)12-18-15-10-24(20,21)11-16(15)19/h2-5,15-16,18-19H,6-12H2,1H3/t15-,16+/m1/s1. The number of rotatable bonds is 5. The van der Waals surface area contributed by atoms with E-state index < -0.39 is 22.0 Å². The maximum Gasteiger partial charge on any atom is 0.154 e. The Labute approximate surface area is 143 Å². The van der Waals surface area contributed by atoms with Crippen LogP contribution in [0.4, 0.5) is 0 Å². The molecule has 3 rings (SSSR count). The van der Waals surface area contributed by atoms with Gasteiger partial charge in [0.2, 0.25) is 0 Å². The van der Waals surface area contributed by atoms with Gasteiger partial charge < -0.3 is 19.9 Å². The molecule has 0 amide bonds. The van der Waals surface area contributed by atoms with E-state index in [2.05, 4.69) is 17.4 Å². The van der Waals surface area contributed by atoms with Crippen molar-refractivity contribution in [2.24, 2.45) is 0 Å². The fourth-order valence-corrected chi connectivity index (χ4v) is 5.40. The molecule has 2 saturated heterocycles. The maximum absolute atomic E-state index is 11.7. The lowest BCUT2D eigenvalue weighted by molar-refractivity contribution is 0.0469. The molecule has 0 spiro atoms. The van der Waals surface area contributed by atoms with Gasteiger partial charge in [-0.2, -0.15) is 0 Å². The molecule has 2 N–H and O–H groups in total. The molecule has 2 aliphatic rings. The number of hydrogen-bond donors (Lipinski definition) is 2. The van der Waals surface area contributed by atoms with Gasteiger partial charge in [0.15, 0.2) is 9.84 Å². The molecular weight excluding hydrogens is 330 g/mol. The molecule has 0 bridgehead atoms. The number of benzene rings is 1. The van der Waals surface area contributed by atoms with E-state index in [9.17, 15) is 13.5 Å². The maximum atomic E-state index is 11.7. The molecule has 0 saturated carbocycles. The summed E-state index contributed by atoms with van der Waals surface area (Å²) in [6, 6.07) is 7.62. The molecule has 2 aliphatic heterocycles. The molecule has 0 aliphatic carbocycles. The molecule has 134 valence electrons. The quantitative estimate of drug-likeness (QED) is 0.800. The van der Waals surface area contributed by atoms with Crippen LogP contribution in [0.2, 0.25) is 0 Å². The number of methoxy groups -OCH3 is 1. The van der Waals surface area contributed by atoms with Gasteiger partial charge in [0.25, 0.3) is 0 Å². The van der Waals surface area contributed by atoms with Crippen molar-refractivity contribution in [1.82, 2.24) is 5.32 Å². The van der Waals surface area contributed by atoms with Crippen molar-refractivity contribution in [3.8, 4) is 5.75 Å². The molecule has 2 atom stereocenters. The van der Waals surface area contributed by atoms with Crippen LogP contribution in [-0.4, -0.2) is 64.0 Å². The van der Waals surface area contributed by atoms with Crippen LogP contribution >= 0.6 is 0 Å². The minimum Gasteiger partial charge on any atom is -0.497 e. The average Bonchev–Trinajstić information content (AvgIpc) is 2.86. The Hall–Kier alpha value is -1.15. The van der Waals surface area contributed by atoms with Crippen molar-refractivity contribution >= 4 is 9.84 Å². The number of ether oxygens (including phenoxy) is 2. The highest BCUT2D eigenvalue weighted by atomic mass is 32.2. The van der Waals surface area contributed by atoms with Gasteiger partial charge in [0.05, 0.1) is 24.7 Å². The van der Waals surface area contributed by atoms with E-state index in [0.29, 0.717) is 19.8 Å². The fourth-order valence-electron chi connectivity index (χ4n) is 3.62. The zero-order valence-electron chi connectivity index (χ0n) is 13.9. The van der Waals surface area contributed by atoms with Crippen molar-refractivity contribution < 1.29 is 23.0 Å². The first-order chi connectivity index (χ1) is 11.4. The number of sulfone groups is 1. The summed E-state index contributed by atoms with van der Waals surface area (Å²) >= 11 is 0. The van der Waals surface area contributed by atoms with E-state index in [-0.39, 0.29) is 16.9 Å². The first-order valence-corrected chi connectivity index (χ1v) is 10.1. The van der Waals surface area contributed by atoms with E-state index in [0.717, 1.165) is 18.6 Å². The summed E-state index contributed by atoms with van der Waals surface area (Å²) in [5.41, 5.74) is 1.07. The summed E-state index contributed by atoms with van der Waals surface area (Å²) < 4.78 is 34.1. The predicted molar refractivity (Wildman–Crippen MR) is 91.2 cm³/mol. The Morgan fingerprint density at radius 2 is 1.92 bits per heavy atom. The van der Waals surface area contributed by atoms with Crippen LogP contribution in [0.15, 0.2) is 24.3 Å². The van der Waals surface area contributed by atoms with Crippen molar-refractivity contribution in [3.05, 3.63) is 29.8 Å². The predicted octanol–water partition coefficient (Wildman–Crippen LogP) is 0.491. The Bertz CT molecular complexity index is 652. The van der Waals surface area contributed by atoms with E-state index in [1.807, 2.05) is 12.1 Å². The van der Waals surface area contributed by atoms with Crippen molar-refractivity contribution in [2.45, 2.75) is 30.4 Å². The lowest BCUT2D eigenvalue weighted by Gasteiger charge is -2.39. The second-order valence-corrected chi connectivity index (χ2v) is 8.91. The van der Waals surface area contributed by atoms with Gasteiger partial charge in [-0.3, -0.25) is 0 Å². The summed E-state index contributed by atoms with van der Waals surface area (Å²) in [5, 5.41) is 13.3. The van der Waals surface area contributed by atoms with Crippen LogP contribution in [0, 0.1) is 0 Å². The Balaban J connectivity index is 1.76. The van der Waals surface area contributed by atoms with Gasteiger partial charge in [-0.15, -0.1) is 0 Å². The minimum atomic E-state index is -3.14. The minimum absolute atomic E-state index is 0.00333. The molecule has 0 aromatic heterocycles. The topological polar surface area (TPSA) is 84.9 Å². The number of aliphatic hydroxyl groups excluding tert-OH is 1. The molecular formula is C17H25NO5S. The van der Waals surface area contributed by atoms with Crippen LogP contribution in [0.25, 0.3) is 0 Å². The van der Waals surface area contributed by atoms with Crippen LogP contribution in [0.3, 0.4) is 0 Å². The Morgan fingerprint density at radius 1 is 1.25 bits per heavy atom. The highest BCUT2D eigenvalue weighted by molar-refractivity contribution is 7.91. The molecule has 24 heavy (non-hydrogen) atoms. The zero-order valence-corrected chi connectivity index (χ0v) is 14.7. The Kier molecular flexibility index (Phi) is 5.15. The lowest BCUT2D eigenvalue weighted by atomic mass is 9.74. The molecule has 7 heteroatoms.